The summed E-state index contributed by atoms with van der Waals surface area (Å²) in [5.41, 5.74) is 1.77. The van der Waals surface area contributed by atoms with Crippen molar-refractivity contribution in [1.29, 1.82) is 0 Å². The number of imidazole rings is 1. The molecule has 0 N–H and O–H groups in total. The Bertz CT molecular complexity index is 997. The minimum Gasteiger partial charge on any atom is -0.489 e. The Morgan fingerprint density at radius 2 is 2.03 bits per heavy atom. The Morgan fingerprint density at radius 3 is 2.79 bits per heavy atom. The molecule has 8 heteroatoms. The topological polar surface area (TPSA) is 45.5 Å². The maximum absolute atomic E-state index is 6.48. The summed E-state index contributed by atoms with van der Waals surface area (Å²) in [6, 6.07) is 10.9. The third-order valence-electron chi connectivity index (χ3n) is 4.66. The second-order valence-electron chi connectivity index (χ2n) is 6.91. The van der Waals surface area contributed by atoms with Gasteiger partial charge in [0.05, 0.1) is 29.5 Å². The summed E-state index contributed by atoms with van der Waals surface area (Å²) in [7, 11) is 0. The molecule has 4 rings (SSSR count). The average Bonchev–Trinajstić information content (AvgIpc) is 3.33. The van der Waals surface area contributed by atoms with Gasteiger partial charge in [0.2, 0.25) is 5.79 Å². The highest BCUT2D eigenvalue weighted by molar-refractivity contribution is 6.35. The molecule has 2 heterocycles. The van der Waals surface area contributed by atoms with E-state index in [1.54, 1.807) is 24.7 Å². The van der Waals surface area contributed by atoms with Crippen molar-refractivity contribution in [1.82, 2.24) is 9.55 Å². The molecule has 2 aromatic carbocycles. The lowest BCUT2D eigenvalue weighted by molar-refractivity contribution is -0.189. The van der Waals surface area contributed by atoms with Gasteiger partial charge < -0.3 is 18.8 Å². The van der Waals surface area contributed by atoms with Crippen LogP contribution in [0.25, 0.3) is 0 Å². The molecule has 2 atom stereocenters. The zero-order chi connectivity index (χ0) is 20.4. The molecule has 152 valence electrons. The van der Waals surface area contributed by atoms with E-state index >= 15 is 0 Å². The Labute approximate surface area is 184 Å². The number of ether oxygens (including phenoxy) is 3. The summed E-state index contributed by atoms with van der Waals surface area (Å²) in [5, 5.41) is 1.57. The molecule has 5 nitrogen and oxygen atoms in total. The predicted molar refractivity (Wildman–Crippen MR) is 113 cm³/mol. The number of benzene rings is 2. The minimum absolute atomic E-state index is 0.292. The van der Waals surface area contributed by atoms with Crippen LogP contribution in [0.3, 0.4) is 0 Å². The van der Waals surface area contributed by atoms with Gasteiger partial charge in [-0.2, -0.15) is 0 Å². The normalized spacial score (nSPS) is 21.4. The van der Waals surface area contributed by atoms with Crippen molar-refractivity contribution < 1.29 is 14.2 Å². The molecule has 1 aliphatic heterocycles. The highest BCUT2D eigenvalue weighted by atomic mass is 35.5. The zero-order valence-corrected chi connectivity index (χ0v) is 17.9. The van der Waals surface area contributed by atoms with E-state index < -0.39 is 5.79 Å². The van der Waals surface area contributed by atoms with Crippen LogP contribution in [0.1, 0.15) is 11.1 Å². The van der Waals surface area contributed by atoms with Crippen molar-refractivity contribution in [2.24, 2.45) is 0 Å². The Balaban J connectivity index is 1.56. The molecule has 0 aliphatic carbocycles. The number of halogens is 3. The van der Waals surface area contributed by atoms with E-state index in [4.69, 9.17) is 49.0 Å². The van der Waals surface area contributed by atoms with Crippen molar-refractivity contribution in [2.75, 3.05) is 13.2 Å². The third kappa shape index (κ3) is 4.55. The first-order valence-electron chi connectivity index (χ1n) is 9.07. The van der Waals surface area contributed by atoms with Crippen molar-refractivity contribution in [3.8, 4) is 5.75 Å². The lowest BCUT2D eigenvalue weighted by atomic mass is 10.1. The van der Waals surface area contributed by atoms with Gasteiger partial charge in [-0.15, -0.1) is 0 Å². The van der Waals surface area contributed by atoms with Gasteiger partial charge in [-0.1, -0.05) is 46.9 Å². The standard InChI is InChI=1S/C21H19Cl3N2O3/c1-14-2-5-18(23)20(8-14)27-10-16-11-28-21(29-16,12-26-7-6-25-13-26)17-4-3-15(22)9-19(17)24/h2-9,13,16H,10-12H2,1H3. The van der Waals surface area contributed by atoms with Crippen LogP contribution in [0.4, 0.5) is 0 Å². The maximum atomic E-state index is 6.48. The molecule has 0 radical (unpaired) electrons. The van der Waals surface area contributed by atoms with E-state index in [1.165, 1.54) is 0 Å². The van der Waals surface area contributed by atoms with Crippen LogP contribution in [-0.2, 0) is 21.8 Å². The molecule has 29 heavy (non-hydrogen) atoms. The number of hydrogen-bond donors (Lipinski definition) is 0. The van der Waals surface area contributed by atoms with Gasteiger partial charge >= 0.3 is 0 Å². The van der Waals surface area contributed by atoms with Crippen LogP contribution in [0, 0.1) is 6.92 Å². The number of rotatable bonds is 6. The summed E-state index contributed by atoms with van der Waals surface area (Å²) in [4.78, 5) is 4.10. The van der Waals surface area contributed by atoms with Crippen molar-refractivity contribution in [3.05, 3.63) is 81.3 Å². The molecule has 0 bridgehead atoms. The maximum Gasteiger partial charge on any atom is 0.215 e. The second-order valence-corrected chi connectivity index (χ2v) is 8.16. The van der Waals surface area contributed by atoms with Gasteiger partial charge in [0.15, 0.2) is 0 Å². The van der Waals surface area contributed by atoms with Gasteiger partial charge in [0.1, 0.15) is 18.5 Å². The van der Waals surface area contributed by atoms with E-state index in [0.717, 1.165) is 5.56 Å². The largest absolute Gasteiger partial charge is 0.489 e. The fraction of sp³-hybridized carbons (Fsp3) is 0.286. The Hall–Kier alpha value is -1.76. The van der Waals surface area contributed by atoms with Crippen molar-refractivity contribution >= 4 is 34.8 Å². The monoisotopic (exact) mass is 452 g/mol. The summed E-state index contributed by atoms with van der Waals surface area (Å²) in [5.74, 6) is -0.459. The van der Waals surface area contributed by atoms with Gasteiger partial charge in [-0.05, 0) is 36.8 Å². The number of hydrogen-bond acceptors (Lipinski definition) is 4. The fourth-order valence-electron chi connectivity index (χ4n) is 3.28. The van der Waals surface area contributed by atoms with Crippen LogP contribution in [0.2, 0.25) is 15.1 Å². The SMILES string of the molecule is Cc1ccc(Cl)c(OCC2COC(Cn3ccnc3)(c3ccc(Cl)cc3Cl)O2)c1. The molecule has 0 spiro atoms. The molecule has 1 fully saturated rings. The average molecular weight is 454 g/mol. The molecule has 1 saturated heterocycles. The first-order valence-corrected chi connectivity index (χ1v) is 10.2. The Kier molecular flexibility index (Phi) is 6.04. The van der Waals surface area contributed by atoms with E-state index in [-0.39, 0.29) is 6.10 Å². The summed E-state index contributed by atoms with van der Waals surface area (Å²) >= 11 is 18.8. The molecular formula is C21H19Cl3N2O3. The first kappa shape index (κ1) is 20.5. The van der Waals surface area contributed by atoms with Crippen LogP contribution in [0.15, 0.2) is 55.1 Å². The number of nitrogens with zero attached hydrogens (tertiary/aromatic N) is 2. The Morgan fingerprint density at radius 1 is 1.17 bits per heavy atom. The molecule has 2 unspecified atom stereocenters. The van der Waals surface area contributed by atoms with Gasteiger partial charge in [-0.3, -0.25) is 0 Å². The third-order valence-corrected chi connectivity index (χ3v) is 5.52. The first-order chi connectivity index (χ1) is 13.9. The van der Waals surface area contributed by atoms with Crippen LogP contribution >= 0.6 is 34.8 Å². The minimum atomic E-state index is -1.08. The van der Waals surface area contributed by atoms with Crippen LogP contribution < -0.4 is 4.74 Å². The van der Waals surface area contributed by atoms with Crippen LogP contribution in [0.5, 0.6) is 5.75 Å². The summed E-state index contributed by atoms with van der Waals surface area (Å²) < 4.78 is 20.3. The summed E-state index contributed by atoms with van der Waals surface area (Å²) in [6.45, 7) is 3.00. The highest BCUT2D eigenvalue weighted by Crippen LogP contribution is 2.40. The van der Waals surface area contributed by atoms with Crippen molar-refractivity contribution in [3.63, 3.8) is 0 Å². The molecule has 0 saturated carbocycles. The van der Waals surface area contributed by atoms with E-state index in [1.807, 2.05) is 42.0 Å². The van der Waals surface area contributed by atoms with Crippen molar-refractivity contribution in [2.45, 2.75) is 25.4 Å². The smallest absolute Gasteiger partial charge is 0.215 e. The lowest BCUT2D eigenvalue weighted by Gasteiger charge is -2.30. The van der Waals surface area contributed by atoms with Gasteiger partial charge in [-0.25, -0.2) is 4.98 Å². The molecule has 0 amide bonds. The molecule has 3 aromatic rings. The van der Waals surface area contributed by atoms with E-state index in [9.17, 15) is 0 Å². The predicted octanol–water partition coefficient (Wildman–Crippen LogP) is 5.50. The number of aromatic nitrogens is 2. The number of aryl methyl sites for hydroxylation is 1. The fourth-order valence-corrected chi connectivity index (χ4v) is 4.00. The quantitative estimate of drug-likeness (QED) is 0.494. The molecule has 1 aromatic heterocycles. The van der Waals surface area contributed by atoms with Gasteiger partial charge in [0.25, 0.3) is 0 Å². The molecule has 1 aliphatic rings. The summed E-state index contributed by atoms with van der Waals surface area (Å²) in [6.07, 6.45) is 4.94. The molecular weight excluding hydrogens is 435 g/mol. The van der Waals surface area contributed by atoms with Crippen LogP contribution in [-0.4, -0.2) is 28.9 Å². The lowest BCUT2D eigenvalue weighted by Crippen LogP contribution is -2.34. The van der Waals surface area contributed by atoms with E-state index in [0.29, 0.717) is 46.1 Å². The van der Waals surface area contributed by atoms with Gasteiger partial charge in [0, 0.05) is 23.0 Å². The second kappa shape index (κ2) is 8.54. The van der Waals surface area contributed by atoms with E-state index in [2.05, 4.69) is 4.98 Å². The highest BCUT2D eigenvalue weighted by Gasteiger charge is 2.45. The zero-order valence-electron chi connectivity index (χ0n) is 15.6.